The van der Waals surface area contributed by atoms with Crippen molar-refractivity contribution >= 4 is 17.8 Å². The molecule has 0 aromatic rings. The molecule has 0 fully saturated rings. The lowest BCUT2D eigenvalue weighted by atomic mass is 10.2. The fraction of sp³-hybridized carbons (Fsp3) is 0.769. The second-order valence-corrected chi connectivity index (χ2v) is 4.31. The van der Waals surface area contributed by atoms with Gasteiger partial charge in [-0.25, -0.2) is 5.06 Å². The second-order valence-electron chi connectivity index (χ2n) is 4.31. The Kier molecular flexibility index (Phi) is 10.3. The molecular formula is C13H23NO6. The SMILES string of the molecule is CCCCCCC(=O)OCCON(CC(=O)O)C(C)=O. The van der Waals surface area contributed by atoms with Gasteiger partial charge in [-0.2, -0.15) is 0 Å². The third kappa shape index (κ3) is 10.3. The highest BCUT2D eigenvalue weighted by Gasteiger charge is 2.13. The van der Waals surface area contributed by atoms with Crippen LogP contribution in [0.1, 0.15) is 46.0 Å². The summed E-state index contributed by atoms with van der Waals surface area (Å²) in [5, 5.41) is 9.28. The maximum atomic E-state index is 11.3. The molecule has 0 heterocycles. The fourth-order valence-corrected chi connectivity index (χ4v) is 1.44. The molecule has 0 spiro atoms. The first-order valence-electron chi connectivity index (χ1n) is 6.75. The number of nitrogens with zero attached hydrogens (tertiary/aromatic N) is 1. The summed E-state index contributed by atoms with van der Waals surface area (Å²) in [4.78, 5) is 37.8. The van der Waals surface area contributed by atoms with Crippen molar-refractivity contribution in [1.82, 2.24) is 5.06 Å². The van der Waals surface area contributed by atoms with Crippen molar-refractivity contribution in [1.29, 1.82) is 0 Å². The van der Waals surface area contributed by atoms with Crippen LogP contribution in [0.3, 0.4) is 0 Å². The second kappa shape index (κ2) is 11.2. The number of aliphatic carboxylic acids is 1. The molecule has 0 radical (unpaired) electrons. The highest BCUT2D eigenvalue weighted by molar-refractivity contribution is 5.78. The van der Waals surface area contributed by atoms with Crippen molar-refractivity contribution in [2.45, 2.75) is 46.0 Å². The van der Waals surface area contributed by atoms with Crippen LogP contribution in [0, 0.1) is 0 Å². The number of ether oxygens (including phenoxy) is 1. The third-order valence-electron chi connectivity index (χ3n) is 2.46. The maximum Gasteiger partial charge on any atom is 0.325 e. The van der Waals surface area contributed by atoms with Gasteiger partial charge in [0.15, 0.2) is 0 Å². The van der Waals surface area contributed by atoms with E-state index in [9.17, 15) is 14.4 Å². The summed E-state index contributed by atoms with van der Waals surface area (Å²) in [5.41, 5.74) is 0. The molecule has 0 aliphatic carbocycles. The molecule has 7 nitrogen and oxygen atoms in total. The van der Waals surface area contributed by atoms with E-state index in [1.165, 1.54) is 6.92 Å². The van der Waals surface area contributed by atoms with E-state index in [-0.39, 0.29) is 19.2 Å². The summed E-state index contributed by atoms with van der Waals surface area (Å²) in [5.74, 6) is -2.00. The average molecular weight is 289 g/mol. The zero-order valence-corrected chi connectivity index (χ0v) is 12.1. The number of unbranched alkanes of at least 4 members (excludes halogenated alkanes) is 3. The Bertz CT molecular complexity index is 318. The van der Waals surface area contributed by atoms with Gasteiger partial charge in [-0.15, -0.1) is 0 Å². The van der Waals surface area contributed by atoms with Crippen molar-refractivity contribution in [3.63, 3.8) is 0 Å². The van der Waals surface area contributed by atoms with Gasteiger partial charge in [0.1, 0.15) is 19.8 Å². The van der Waals surface area contributed by atoms with Gasteiger partial charge in [0.25, 0.3) is 0 Å². The highest BCUT2D eigenvalue weighted by Crippen LogP contribution is 2.03. The van der Waals surface area contributed by atoms with Gasteiger partial charge in [-0.3, -0.25) is 19.2 Å². The molecule has 0 saturated carbocycles. The number of carboxylic acid groups (broad SMARTS) is 1. The summed E-state index contributed by atoms with van der Waals surface area (Å²) in [7, 11) is 0. The zero-order valence-electron chi connectivity index (χ0n) is 12.1. The van der Waals surface area contributed by atoms with E-state index in [4.69, 9.17) is 14.7 Å². The van der Waals surface area contributed by atoms with E-state index >= 15 is 0 Å². The molecule has 20 heavy (non-hydrogen) atoms. The Labute approximate surface area is 118 Å². The number of hydrogen-bond donors (Lipinski definition) is 1. The molecule has 0 bridgehead atoms. The molecule has 7 heteroatoms. The quantitative estimate of drug-likeness (QED) is 0.351. The van der Waals surface area contributed by atoms with Crippen LogP contribution in [0.2, 0.25) is 0 Å². The summed E-state index contributed by atoms with van der Waals surface area (Å²) >= 11 is 0. The number of hydrogen-bond acceptors (Lipinski definition) is 5. The van der Waals surface area contributed by atoms with Crippen LogP contribution in [0.5, 0.6) is 0 Å². The summed E-state index contributed by atoms with van der Waals surface area (Å²) in [6.07, 6.45) is 4.36. The molecule has 0 aromatic heterocycles. The number of rotatable bonds is 11. The molecular weight excluding hydrogens is 266 g/mol. The van der Waals surface area contributed by atoms with E-state index in [2.05, 4.69) is 6.92 Å². The normalized spacial score (nSPS) is 10.1. The first kappa shape index (κ1) is 18.4. The predicted molar refractivity (Wildman–Crippen MR) is 70.7 cm³/mol. The fourth-order valence-electron chi connectivity index (χ4n) is 1.44. The Balaban J connectivity index is 3.69. The molecule has 0 aliphatic rings. The van der Waals surface area contributed by atoms with Gasteiger partial charge in [0.05, 0.1) is 0 Å². The number of amides is 1. The van der Waals surface area contributed by atoms with Crippen LogP contribution in [0.25, 0.3) is 0 Å². The van der Waals surface area contributed by atoms with E-state index < -0.39 is 18.4 Å². The largest absolute Gasteiger partial charge is 0.480 e. The van der Waals surface area contributed by atoms with Crippen LogP contribution in [-0.2, 0) is 24.0 Å². The van der Waals surface area contributed by atoms with Gasteiger partial charge in [0, 0.05) is 13.3 Å². The summed E-state index contributed by atoms with van der Waals surface area (Å²) < 4.78 is 4.91. The maximum absolute atomic E-state index is 11.3. The van der Waals surface area contributed by atoms with Crippen LogP contribution < -0.4 is 0 Å². The minimum Gasteiger partial charge on any atom is -0.480 e. The van der Waals surface area contributed by atoms with E-state index in [0.29, 0.717) is 6.42 Å². The van der Waals surface area contributed by atoms with Gasteiger partial charge < -0.3 is 9.84 Å². The van der Waals surface area contributed by atoms with E-state index in [1.54, 1.807) is 0 Å². The lowest BCUT2D eigenvalue weighted by molar-refractivity contribution is -0.195. The Morgan fingerprint density at radius 2 is 1.80 bits per heavy atom. The lowest BCUT2D eigenvalue weighted by Crippen LogP contribution is -2.35. The smallest absolute Gasteiger partial charge is 0.325 e. The van der Waals surface area contributed by atoms with Gasteiger partial charge in [0.2, 0.25) is 5.91 Å². The number of hydroxylamine groups is 2. The Hall–Kier alpha value is -1.63. The van der Waals surface area contributed by atoms with Crippen molar-refractivity contribution < 1.29 is 29.1 Å². The number of carbonyl (C=O) groups is 3. The minimum atomic E-state index is -1.17. The van der Waals surface area contributed by atoms with Gasteiger partial charge in [-0.05, 0) is 6.42 Å². The molecule has 0 aliphatic heterocycles. The van der Waals surface area contributed by atoms with Crippen molar-refractivity contribution in [2.75, 3.05) is 19.8 Å². The van der Waals surface area contributed by atoms with E-state index in [1.807, 2.05) is 0 Å². The molecule has 1 amide bonds. The molecule has 116 valence electrons. The molecule has 1 N–H and O–H groups in total. The van der Waals surface area contributed by atoms with Crippen LogP contribution in [-0.4, -0.2) is 47.8 Å². The number of esters is 1. The molecule has 0 atom stereocenters. The van der Waals surface area contributed by atoms with Crippen molar-refractivity contribution in [2.24, 2.45) is 0 Å². The monoisotopic (exact) mass is 289 g/mol. The number of carbonyl (C=O) groups excluding carboxylic acids is 2. The average Bonchev–Trinajstić information content (AvgIpc) is 2.37. The van der Waals surface area contributed by atoms with Gasteiger partial charge >= 0.3 is 11.9 Å². The van der Waals surface area contributed by atoms with Gasteiger partial charge in [-0.1, -0.05) is 26.2 Å². The number of carboxylic acids is 1. The zero-order chi connectivity index (χ0) is 15.4. The first-order chi connectivity index (χ1) is 9.47. The first-order valence-corrected chi connectivity index (χ1v) is 6.75. The molecule has 0 saturated heterocycles. The summed E-state index contributed by atoms with van der Waals surface area (Å²) in [6.45, 7) is 2.69. The van der Waals surface area contributed by atoms with E-state index in [0.717, 1.165) is 30.7 Å². The van der Waals surface area contributed by atoms with Crippen molar-refractivity contribution in [3.05, 3.63) is 0 Å². The Morgan fingerprint density at radius 1 is 1.10 bits per heavy atom. The lowest BCUT2D eigenvalue weighted by Gasteiger charge is -2.17. The Morgan fingerprint density at radius 3 is 2.35 bits per heavy atom. The van der Waals surface area contributed by atoms with Crippen LogP contribution in [0.4, 0.5) is 0 Å². The van der Waals surface area contributed by atoms with Crippen molar-refractivity contribution in [3.8, 4) is 0 Å². The predicted octanol–water partition coefficient (Wildman–Crippen LogP) is 1.36. The molecule has 0 unspecified atom stereocenters. The highest BCUT2D eigenvalue weighted by atomic mass is 16.7. The standard InChI is InChI=1S/C13H23NO6/c1-3-4-5-6-7-13(18)19-8-9-20-14(11(2)15)10-12(16)17/h3-10H2,1-2H3,(H,16,17). The van der Waals surface area contributed by atoms with Crippen LogP contribution >= 0.6 is 0 Å². The minimum absolute atomic E-state index is 0.00396. The summed E-state index contributed by atoms with van der Waals surface area (Å²) in [6, 6.07) is 0. The third-order valence-corrected chi connectivity index (χ3v) is 2.46. The topological polar surface area (TPSA) is 93.1 Å². The molecule has 0 aromatic carbocycles. The molecule has 0 rings (SSSR count). The van der Waals surface area contributed by atoms with Crippen LogP contribution in [0.15, 0.2) is 0 Å².